The average molecular weight is 546 g/mol. The maximum Gasteiger partial charge on any atom is 0.254 e. The summed E-state index contributed by atoms with van der Waals surface area (Å²) in [4.78, 5) is 30.6. The van der Waals surface area contributed by atoms with Gasteiger partial charge in [-0.25, -0.2) is 4.39 Å². The molecule has 0 saturated carbocycles. The van der Waals surface area contributed by atoms with Gasteiger partial charge in [-0.1, -0.05) is 67.9 Å². The van der Waals surface area contributed by atoms with Crippen molar-refractivity contribution in [2.45, 2.75) is 33.5 Å². The summed E-state index contributed by atoms with van der Waals surface area (Å²) in [5, 5.41) is 0.552. The van der Waals surface area contributed by atoms with E-state index in [1.54, 1.807) is 46.2 Å². The number of benzene rings is 3. The predicted octanol–water partition coefficient (Wildman–Crippen LogP) is 6.66. The lowest BCUT2D eigenvalue weighted by Crippen LogP contribution is -2.44. The molecule has 39 heavy (non-hydrogen) atoms. The van der Waals surface area contributed by atoms with E-state index in [1.807, 2.05) is 62.5 Å². The van der Waals surface area contributed by atoms with Crippen LogP contribution >= 0.6 is 11.6 Å². The fourth-order valence-electron chi connectivity index (χ4n) is 4.46. The van der Waals surface area contributed by atoms with Gasteiger partial charge in [0.2, 0.25) is 5.91 Å². The van der Waals surface area contributed by atoms with Crippen molar-refractivity contribution in [3.05, 3.63) is 130 Å². The van der Waals surface area contributed by atoms with E-state index < -0.39 is 0 Å². The Bertz CT molecular complexity index is 1370. The van der Waals surface area contributed by atoms with Gasteiger partial charge in [0.15, 0.2) is 0 Å². The molecule has 202 valence electrons. The molecule has 7 heteroatoms. The Balaban J connectivity index is 1.56. The molecule has 0 atom stereocenters. The van der Waals surface area contributed by atoms with Gasteiger partial charge in [-0.3, -0.25) is 9.59 Å². The number of carbonyl (C=O) groups is 2. The third kappa shape index (κ3) is 8.04. The molecule has 1 heterocycles. The minimum atomic E-state index is -0.273. The van der Waals surface area contributed by atoms with E-state index in [0.717, 1.165) is 16.8 Å². The molecule has 0 aliphatic rings. The van der Waals surface area contributed by atoms with Crippen LogP contribution in [0.25, 0.3) is 0 Å². The van der Waals surface area contributed by atoms with Crippen molar-refractivity contribution in [1.29, 1.82) is 0 Å². The van der Waals surface area contributed by atoms with Crippen molar-refractivity contribution >= 4 is 23.4 Å². The third-order valence-electron chi connectivity index (χ3n) is 6.40. The van der Waals surface area contributed by atoms with E-state index in [2.05, 4.69) is 4.57 Å². The molecule has 2 amide bonds. The van der Waals surface area contributed by atoms with Crippen LogP contribution in [-0.4, -0.2) is 39.3 Å². The third-order valence-corrected chi connectivity index (χ3v) is 6.65. The SMILES string of the molecule is CC(C)CN(CC(=O)N(Cc1ccccc1)Cc1cccn1Cc1ccc(F)cc1)C(=O)c1ccc(Cl)cc1. The van der Waals surface area contributed by atoms with Gasteiger partial charge in [0, 0.05) is 42.1 Å². The van der Waals surface area contributed by atoms with Crippen LogP contribution in [0.2, 0.25) is 5.02 Å². The van der Waals surface area contributed by atoms with Crippen LogP contribution in [0.15, 0.2) is 97.2 Å². The smallest absolute Gasteiger partial charge is 0.254 e. The zero-order valence-electron chi connectivity index (χ0n) is 22.3. The van der Waals surface area contributed by atoms with Crippen molar-refractivity contribution in [3.63, 3.8) is 0 Å². The zero-order chi connectivity index (χ0) is 27.8. The molecule has 0 aliphatic heterocycles. The van der Waals surface area contributed by atoms with E-state index in [0.29, 0.717) is 36.8 Å². The molecule has 4 aromatic rings. The summed E-state index contributed by atoms with van der Waals surface area (Å²) >= 11 is 6.02. The number of halogens is 2. The molecule has 0 aliphatic carbocycles. The standard InChI is InChI=1S/C32H33ClFN3O2/c1-24(2)19-37(32(39)27-12-14-28(33)15-13-27)23-31(38)36(21-25-7-4-3-5-8-25)22-30-9-6-18-35(30)20-26-10-16-29(34)17-11-26/h3-18,24H,19-23H2,1-2H3. The number of nitrogens with zero attached hydrogens (tertiary/aromatic N) is 3. The van der Waals surface area contributed by atoms with Crippen LogP contribution in [0.5, 0.6) is 0 Å². The van der Waals surface area contributed by atoms with Crippen LogP contribution in [0.4, 0.5) is 4.39 Å². The molecule has 0 unspecified atom stereocenters. The van der Waals surface area contributed by atoms with Gasteiger partial charge >= 0.3 is 0 Å². The summed E-state index contributed by atoms with van der Waals surface area (Å²) in [5.41, 5.74) is 3.41. The van der Waals surface area contributed by atoms with Gasteiger partial charge in [0.25, 0.3) is 5.91 Å². The number of rotatable bonds is 11. The molecule has 0 saturated heterocycles. The summed E-state index contributed by atoms with van der Waals surface area (Å²) in [6, 6.07) is 26.9. The number of amides is 2. The van der Waals surface area contributed by atoms with Crippen molar-refractivity contribution in [1.82, 2.24) is 14.4 Å². The highest BCUT2D eigenvalue weighted by Gasteiger charge is 2.24. The Morgan fingerprint density at radius 3 is 2.18 bits per heavy atom. The summed E-state index contributed by atoms with van der Waals surface area (Å²) in [6.07, 6.45) is 1.96. The molecule has 0 bridgehead atoms. The average Bonchev–Trinajstić information content (AvgIpc) is 3.36. The first kappa shape index (κ1) is 28.1. The highest BCUT2D eigenvalue weighted by atomic mass is 35.5. The van der Waals surface area contributed by atoms with Crippen molar-refractivity contribution in [2.24, 2.45) is 5.92 Å². The molecule has 0 spiro atoms. The Morgan fingerprint density at radius 2 is 1.51 bits per heavy atom. The maximum atomic E-state index is 13.8. The Labute approximate surface area is 234 Å². The lowest BCUT2D eigenvalue weighted by molar-refractivity contribution is -0.133. The maximum absolute atomic E-state index is 13.8. The molecular weight excluding hydrogens is 513 g/mol. The van der Waals surface area contributed by atoms with Gasteiger partial charge in [-0.15, -0.1) is 0 Å². The minimum Gasteiger partial charge on any atom is -0.345 e. The van der Waals surface area contributed by atoms with E-state index in [4.69, 9.17) is 11.6 Å². The first-order chi connectivity index (χ1) is 18.8. The number of carbonyl (C=O) groups excluding carboxylic acids is 2. The Morgan fingerprint density at radius 1 is 0.821 bits per heavy atom. The molecular formula is C32H33ClFN3O2. The quantitative estimate of drug-likeness (QED) is 0.212. The first-order valence-corrected chi connectivity index (χ1v) is 13.4. The second-order valence-corrected chi connectivity index (χ2v) is 10.5. The predicted molar refractivity (Wildman–Crippen MR) is 153 cm³/mol. The van der Waals surface area contributed by atoms with Crippen molar-refractivity contribution in [3.8, 4) is 0 Å². The summed E-state index contributed by atoms with van der Waals surface area (Å²) < 4.78 is 15.5. The molecule has 1 aromatic heterocycles. The Kier molecular flexibility index (Phi) is 9.55. The van der Waals surface area contributed by atoms with Crippen LogP contribution in [0.1, 0.15) is 41.0 Å². The van der Waals surface area contributed by atoms with Crippen molar-refractivity contribution in [2.75, 3.05) is 13.1 Å². The fourth-order valence-corrected chi connectivity index (χ4v) is 4.59. The second kappa shape index (κ2) is 13.3. The van der Waals surface area contributed by atoms with E-state index in [-0.39, 0.29) is 30.1 Å². The number of hydrogen-bond donors (Lipinski definition) is 0. The molecule has 4 rings (SSSR count). The summed E-state index contributed by atoms with van der Waals surface area (Å²) in [5.74, 6) is -0.431. The fraction of sp³-hybridized carbons (Fsp3) is 0.250. The van der Waals surface area contributed by atoms with Gasteiger partial charge in [-0.2, -0.15) is 0 Å². The van der Waals surface area contributed by atoms with Crippen LogP contribution < -0.4 is 0 Å². The summed E-state index contributed by atoms with van der Waals surface area (Å²) in [7, 11) is 0. The normalized spacial score (nSPS) is 11.0. The largest absolute Gasteiger partial charge is 0.345 e. The molecule has 5 nitrogen and oxygen atoms in total. The highest BCUT2D eigenvalue weighted by molar-refractivity contribution is 6.30. The molecule has 0 N–H and O–H groups in total. The van der Waals surface area contributed by atoms with Crippen LogP contribution in [0, 0.1) is 11.7 Å². The zero-order valence-corrected chi connectivity index (χ0v) is 23.0. The van der Waals surface area contributed by atoms with Gasteiger partial charge in [0.05, 0.1) is 6.54 Å². The first-order valence-electron chi connectivity index (χ1n) is 13.0. The van der Waals surface area contributed by atoms with Gasteiger partial charge in [0.1, 0.15) is 12.4 Å². The second-order valence-electron chi connectivity index (χ2n) is 10.1. The van der Waals surface area contributed by atoms with Crippen LogP contribution in [-0.2, 0) is 24.4 Å². The van der Waals surface area contributed by atoms with Gasteiger partial charge in [-0.05, 0) is 65.6 Å². The van der Waals surface area contributed by atoms with Crippen molar-refractivity contribution < 1.29 is 14.0 Å². The van der Waals surface area contributed by atoms with Crippen LogP contribution in [0.3, 0.4) is 0 Å². The lowest BCUT2D eigenvalue weighted by atomic mass is 10.1. The number of aromatic nitrogens is 1. The lowest BCUT2D eigenvalue weighted by Gasteiger charge is -2.29. The molecule has 0 fully saturated rings. The van der Waals surface area contributed by atoms with E-state index >= 15 is 0 Å². The minimum absolute atomic E-state index is 0.0366. The topological polar surface area (TPSA) is 45.6 Å². The van der Waals surface area contributed by atoms with Gasteiger partial charge < -0.3 is 14.4 Å². The van der Waals surface area contributed by atoms with E-state index in [1.165, 1.54) is 12.1 Å². The monoisotopic (exact) mass is 545 g/mol. The Hall–Kier alpha value is -3.90. The molecule has 0 radical (unpaired) electrons. The number of hydrogen-bond acceptors (Lipinski definition) is 2. The highest BCUT2D eigenvalue weighted by Crippen LogP contribution is 2.17. The van der Waals surface area contributed by atoms with E-state index in [9.17, 15) is 14.0 Å². The molecule has 3 aromatic carbocycles. The summed E-state index contributed by atoms with van der Waals surface area (Å²) in [6.45, 7) is 5.80.